The van der Waals surface area contributed by atoms with Crippen LogP contribution in [0.25, 0.3) is 0 Å². The van der Waals surface area contributed by atoms with E-state index in [-0.39, 0.29) is 11.7 Å². The first-order valence-corrected chi connectivity index (χ1v) is 7.48. The zero-order valence-electron chi connectivity index (χ0n) is 11.5. The van der Waals surface area contributed by atoms with Crippen LogP contribution >= 0.6 is 0 Å². The summed E-state index contributed by atoms with van der Waals surface area (Å²) < 4.78 is 6.02. The molecule has 0 spiro atoms. The van der Waals surface area contributed by atoms with Crippen LogP contribution in [0, 0.1) is 11.8 Å². The molecule has 17 heavy (non-hydrogen) atoms. The van der Waals surface area contributed by atoms with Crippen LogP contribution in [0.15, 0.2) is 0 Å². The molecule has 0 heterocycles. The Kier molecular flexibility index (Phi) is 4.48. The summed E-state index contributed by atoms with van der Waals surface area (Å²) in [6.45, 7) is 5.08. The van der Waals surface area contributed by atoms with Gasteiger partial charge in [0.15, 0.2) is 0 Å². The normalized spacial score (nSPS) is 36.5. The van der Waals surface area contributed by atoms with Crippen LogP contribution in [0.3, 0.4) is 0 Å². The van der Waals surface area contributed by atoms with Crippen molar-refractivity contribution >= 4 is 0 Å². The highest BCUT2D eigenvalue weighted by molar-refractivity contribution is 4.94. The van der Waals surface area contributed by atoms with Gasteiger partial charge in [-0.05, 0) is 38.0 Å². The summed E-state index contributed by atoms with van der Waals surface area (Å²) in [7, 11) is 0. The summed E-state index contributed by atoms with van der Waals surface area (Å²) in [6, 6.07) is 0. The predicted molar refractivity (Wildman–Crippen MR) is 70.0 cm³/mol. The minimum absolute atomic E-state index is 0.220. The minimum atomic E-state index is -0.240. The lowest BCUT2D eigenvalue weighted by atomic mass is 9.71. The molecule has 2 fully saturated rings. The first kappa shape index (κ1) is 13.4. The number of aliphatic hydroxyl groups is 1. The van der Waals surface area contributed by atoms with Gasteiger partial charge in [0.05, 0.1) is 11.7 Å². The highest BCUT2D eigenvalue weighted by Gasteiger charge is 2.43. The van der Waals surface area contributed by atoms with Crippen molar-refractivity contribution in [2.45, 2.75) is 76.9 Å². The zero-order valence-corrected chi connectivity index (χ0v) is 11.5. The Balaban J connectivity index is 1.97. The molecule has 0 radical (unpaired) electrons. The van der Waals surface area contributed by atoms with Crippen molar-refractivity contribution in [3.63, 3.8) is 0 Å². The van der Waals surface area contributed by atoms with Crippen LogP contribution in [0.1, 0.15) is 65.2 Å². The summed E-state index contributed by atoms with van der Waals surface area (Å²) in [5.74, 6) is 1.46. The molecule has 0 aliphatic heterocycles. The SMILES string of the molecule is CCOC1(C(O)CC2CCC2)CCCC(C)C1. The average Bonchev–Trinajstić information content (AvgIpc) is 2.23. The molecule has 2 saturated carbocycles. The molecule has 2 heteroatoms. The summed E-state index contributed by atoms with van der Waals surface area (Å²) in [5, 5.41) is 10.6. The summed E-state index contributed by atoms with van der Waals surface area (Å²) >= 11 is 0. The fraction of sp³-hybridized carbons (Fsp3) is 1.00. The van der Waals surface area contributed by atoms with Crippen molar-refractivity contribution in [3.05, 3.63) is 0 Å². The lowest BCUT2D eigenvalue weighted by molar-refractivity contribution is -0.154. The van der Waals surface area contributed by atoms with E-state index in [1.807, 2.05) is 0 Å². The van der Waals surface area contributed by atoms with E-state index in [1.54, 1.807) is 0 Å². The largest absolute Gasteiger partial charge is 0.390 e. The summed E-state index contributed by atoms with van der Waals surface area (Å²) in [4.78, 5) is 0. The van der Waals surface area contributed by atoms with E-state index in [1.165, 1.54) is 32.1 Å². The van der Waals surface area contributed by atoms with Crippen LogP contribution in [-0.4, -0.2) is 23.4 Å². The third kappa shape index (κ3) is 3.03. The smallest absolute Gasteiger partial charge is 0.0942 e. The number of hydrogen-bond donors (Lipinski definition) is 1. The molecule has 2 aliphatic rings. The molecule has 1 N–H and O–H groups in total. The number of rotatable bonds is 5. The lowest BCUT2D eigenvalue weighted by Gasteiger charge is -2.44. The first-order chi connectivity index (χ1) is 8.16. The minimum Gasteiger partial charge on any atom is -0.390 e. The zero-order chi connectivity index (χ0) is 12.3. The van der Waals surface area contributed by atoms with E-state index in [4.69, 9.17) is 4.74 Å². The third-order valence-electron chi connectivity index (χ3n) is 4.81. The first-order valence-electron chi connectivity index (χ1n) is 7.48. The van der Waals surface area contributed by atoms with E-state index >= 15 is 0 Å². The lowest BCUT2D eigenvalue weighted by Crippen LogP contribution is -2.49. The average molecular weight is 240 g/mol. The molecule has 0 bridgehead atoms. The molecule has 0 amide bonds. The molecule has 100 valence electrons. The Morgan fingerprint density at radius 1 is 1.29 bits per heavy atom. The van der Waals surface area contributed by atoms with Gasteiger partial charge in [-0.1, -0.05) is 39.0 Å². The standard InChI is InChI=1S/C15H28O2/c1-3-17-15(9-5-6-12(2)11-15)14(16)10-13-7-4-8-13/h12-14,16H,3-11H2,1-2H3. The second-order valence-electron chi connectivity index (χ2n) is 6.25. The molecule has 0 saturated heterocycles. The second kappa shape index (κ2) is 5.71. The van der Waals surface area contributed by atoms with Gasteiger partial charge in [-0.2, -0.15) is 0 Å². The van der Waals surface area contributed by atoms with E-state index in [9.17, 15) is 5.11 Å². The van der Waals surface area contributed by atoms with Crippen molar-refractivity contribution in [1.29, 1.82) is 0 Å². The van der Waals surface area contributed by atoms with Crippen molar-refractivity contribution in [2.24, 2.45) is 11.8 Å². The highest BCUT2D eigenvalue weighted by Crippen LogP contribution is 2.41. The molecular formula is C15H28O2. The van der Waals surface area contributed by atoms with Crippen molar-refractivity contribution in [1.82, 2.24) is 0 Å². The maximum absolute atomic E-state index is 10.6. The van der Waals surface area contributed by atoms with Gasteiger partial charge in [0.1, 0.15) is 0 Å². The van der Waals surface area contributed by atoms with Crippen molar-refractivity contribution in [3.8, 4) is 0 Å². The van der Waals surface area contributed by atoms with Gasteiger partial charge in [0, 0.05) is 6.61 Å². The quantitative estimate of drug-likeness (QED) is 0.796. The monoisotopic (exact) mass is 240 g/mol. The molecular weight excluding hydrogens is 212 g/mol. The number of aliphatic hydroxyl groups excluding tert-OH is 1. The Labute approximate surface area is 106 Å². The fourth-order valence-electron chi connectivity index (χ4n) is 3.62. The Hall–Kier alpha value is -0.0800. The predicted octanol–water partition coefficient (Wildman–Crippen LogP) is 3.52. The van der Waals surface area contributed by atoms with Crippen molar-refractivity contribution in [2.75, 3.05) is 6.61 Å². The van der Waals surface area contributed by atoms with E-state index in [0.29, 0.717) is 5.92 Å². The maximum atomic E-state index is 10.6. The van der Waals surface area contributed by atoms with Crippen LogP contribution in [-0.2, 0) is 4.74 Å². The van der Waals surface area contributed by atoms with Gasteiger partial charge in [-0.15, -0.1) is 0 Å². The second-order valence-corrected chi connectivity index (χ2v) is 6.25. The van der Waals surface area contributed by atoms with Crippen LogP contribution < -0.4 is 0 Å². The van der Waals surface area contributed by atoms with E-state index in [2.05, 4.69) is 13.8 Å². The van der Waals surface area contributed by atoms with Gasteiger partial charge in [-0.25, -0.2) is 0 Å². The highest BCUT2D eigenvalue weighted by atomic mass is 16.5. The van der Waals surface area contributed by atoms with E-state index in [0.717, 1.165) is 31.8 Å². The molecule has 0 aromatic heterocycles. The van der Waals surface area contributed by atoms with Crippen LogP contribution in [0.2, 0.25) is 0 Å². The van der Waals surface area contributed by atoms with Gasteiger partial charge in [-0.3, -0.25) is 0 Å². The Morgan fingerprint density at radius 3 is 2.59 bits per heavy atom. The van der Waals surface area contributed by atoms with E-state index < -0.39 is 0 Å². The molecule has 0 aromatic rings. The van der Waals surface area contributed by atoms with Gasteiger partial charge >= 0.3 is 0 Å². The number of ether oxygens (including phenoxy) is 1. The Bertz CT molecular complexity index is 233. The van der Waals surface area contributed by atoms with Gasteiger partial charge in [0.2, 0.25) is 0 Å². The molecule has 0 aromatic carbocycles. The topological polar surface area (TPSA) is 29.5 Å². The fourth-order valence-corrected chi connectivity index (χ4v) is 3.62. The van der Waals surface area contributed by atoms with Crippen LogP contribution in [0.4, 0.5) is 0 Å². The van der Waals surface area contributed by atoms with Crippen LogP contribution in [0.5, 0.6) is 0 Å². The summed E-state index contributed by atoms with van der Waals surface area (Å²) in [6.07, 6.45) is 9.32. The summed E-state index contributed by atoms with van der Waals surface area (Å²) in [5.41, 5.74) is -0.220. The van der Waals surface area contributed by atoms with Gasteiger partial charge < -0.3 is 9.84 Å². The molecule has 2 aliphatic carbocycles. The Morgan fingerprint density at radius 2 is 2.06 bits per heavy atom. The molecule has 2 nitrogen and oxygen atoms in total. The maximum Gasteiger partial charge on any atom is 0.0942 e. The van der Waals surface area contributed by atoms with Crippen molar-refractivity contribution < 1.29 is 9.84 Å². The number of hydrogen-bond acceptors (Lipinski definition) is 2. The third-order valence-corrected chi connectivity index (χ3v) is 4.81. The molecule has 3 unspecified atom stereocenters. The molecule has 3 atom stereocenters. The van der Waals surface area contributed by atoms with Gasteiger partial charge in [0.25, 0.3) is 0 Å². The molecule has 2 rings (SSSR count).